The van der Waals surface area contributed by atoms with E-state index in [9.17, 15) is 13.6 Å². The summed E-state index contributed by atoms with van der Waals surface area (Å²) in [5.41, 5.74) is 3.69. The third kappa shape index (κ3) is 5.79. The van der Waals surface area contributed by atoms with Gasteiger partial charge < -0.3 is 15.0 Å². The Bertz CT molecular complexity index is 1400. The minimum Gasteiger partial charge on any atom is -0.407 e. The minimum atomic E-state index is -1.14. The van der Waals surface area contributed by atoms with Gasteiger partial charge in [-0.3, -0.25) is 15.6 Å². The Morgan fingerprint density at radius 3 is 2.41 bits per heavy atom. The molecule has 1 aromatic carbocycles. The van der Waals surface area contributed by atoms with Gasteiger partial charge in [0, 0.05) is 29.6 Å². The van der Waals surface area contributed by atoms with Crippen LogP contribution in [0.3, 0.4) is 0 Å². The van der Waals surface area contributed by atoms with Crippen molar-refractivity contribution in [2.24, 2.45) is 11.7 Å². The second-order valence-corrected chi connectivity index (χ2v) is 7.94. The summed E-state index contributed by atoms with van der Waals surface area (Å²) in [6, 6.07) is 1.89. The lowest BCUT2D eigenvalue weighted by molar-refractivity contribution is 0.504. The smallest absolute Gasteiger partial charge is 0.285 e. The molecule has 1 atom stereocenters. The first-order valence-electron chi connectivity index (χ1n) is 11.6. The van der Waals surface area contributed by atoms with E-state index in [4.69, 9.17) is 16.6 Å². The summed E-state index contributed by atoms with van der Waals surface area (Å²) >= 11 is 0. The Hall–Kier alpha value is -4.21. The molecule has 0 spiro atoms. The fourth-order valence-corrected chi connectivity index (χ4v) is 4.19. The number of hydrogen-bond acceptors (Lipinski definition) is 4. The van der Waals surface area contributed by atoms with Crippen LogP contribution in [0, 0.1) is 28.4 Å². The molecule has 1 aliphatic heterocycles. The first-order chi connectivity index (χ1) is 17.7. The molecule has 6 nitrogen and oxygen atoms in total. The van der Waals surface area contributed by atoms with E-state index in [0.717, 1.165) is 24.3 Å². The monoisotopic (exact) mass is 514 g/mol. The van der Waals surface area contributed by atoms with Gasteiger partial charge in [0.1, 0.15) is 23.3 Å². The fourth-order valence-electron chi connectivity index (χ4n) is 4.19. The van der Waals surface area contributed by atoms with Crippen molar-refractivity contribution >= 4 is 23.7 Å². The number of allylic oxidation sites excluding steroid dienone is 7. The highest BCUT2D eigenvalue weighted by molar-refractivity contribution is 5.98. The molecule has 0 saturated carbocycles. The molecular formula is C27H26F4N4O2. The zero-order valence-corrected chi connectivity index (χ0v) is 20.2. The van der Waals surface area contributed by atoms with E-state index in [1.54, 1.807) is 12.2 Å². The van der Waals surface area contributed by atoms with Gasteiger partial charge in [0.25, 0.3) is 6.02 Å². The number of nitrogens with one attached hydrogen (secondary N) is 2. The molecule has 10 heteroatoms. The van der Waals surface area contributed by atoms with Gasteiger partial charge in [-0.05, 0) is 43.5 Å². The Kier molecular flexibility index (Phi) is 8.65. The number of amidine groups is 1. The standard InChI is InChI=1S/C25H20F4N4O2.C2H6/c26-14-4-3-5-15(16(27)12-14)19-6-1-2-7-20-23(21(34)8-9-33(19)20)22-17(28)10-13(11-18(22)29)24(30)35-25(31)32;1-2/h2,4,6-12,15,30H,1,3,5H2,(H3,31,32);1-2H3. The Balaban J connectivity index is 0.00000186. The molecule has 1 aliphatic carbocycles. The summed E-state index contributed by atoms with van der Waals surface area (Å²) in [5, 5.41) is 14.8. The normalized spacial score (nSPS) is 16.6. The quantitative estimate of drug-likeness (QED) is 0.250. The van der Waals surface area contributed by atoms with Crippen molar-refractivity contribution in [2.45, 2.75) is 33.1 Å². The summed E-state index contributed by atoms with van der Waals surface area (Å²) in [4.78, 5) is 12.9. The molecule has 0 amide bonds. The van der Waals surface area contributed by atoms with Gasteiger partial charge in [-0.25, -0.2) is 17.6 Å². The molecule has 1 aromatic heterocycles. The summed E-state index contributed by atoms with van der Waals surface area (Å²) in [7, 11) is 0. The molecule has 4 rings (SSSR count). The fraction of sp³-hybridized carbons (Fsp3) is 0.222. The largest absolute Gasteiger partial charge is 0.407 e. The number of ether oxygens (including phenoxy) is 1. The van der Waals surface area contributed by atoms with Crippen molar-refractivity contribution in [3.8, 4) is 11.1 Å². The van der Waals surface area contributed by atoms with Gasteiger partial charge in [-0.15, -0.1) is 0 Å². The lowest BCUT2D eigenvalue weighted by atomic mass is 9.96. The molecule has 194 valence electrons. The number of pyridine rings is 1. The molecule has 0 fully saturated rings. The molecule has 0 radical (unpaired) electrons. The van der Waals surface area contributed by atoms with Gasteiger partial charge >= 0.3 is 0 Å². The van der Waals surface area contributed by atoms with E-state index >= 15 is 8.78 Å². The lowest BCUT2D eigenvalue weighted by Crippen LogP contribution is -2.20. The zero-order valence-electron chi connectivity index (χ0n) is 20.2. The lowest BCUT2D eigenvalue weighted by Gasteiger charge is -2.23. The highest BCUT2D eigenvalue weighted by Crippen LogP contribution is 2.37. The number of nitrogens with zero attached hydrogens (tertiary/aromatic N) is 1. The first kappa shape index (κ1) is 27.4. The molecule has 2 aromatic rings. The topological polar surface area (TPSA) is 105 Å². The number of rotatable bonds is 3. The molecule has 2 heterocycles. The summed E-state index contributed by atoms with van der Waals surface area (Å²) in [5.74, 6) is -5.22. The number of hydrogen-bond donors (Lipinski definition) is 3. The Morgan fingerprint density at radius 2 is 1.76 bits per heavy atom. The van der Waals surface area contributed by atoms with Crippen molar-refractivity contribution in [1.29, 1.82) is 10.8 Å². The number of aromatic nitrogens is 1. The Labute approximate surface area is 211 Å². The number of benzene rings is 1. The highest BCUT2D eigenvalue weighted by atomic mass is 19.1. The molecule has 0 bridgehead atoms. The van der Waals surface area contributed by atoms with Gasteiger partial charge in [-0.1, -0.05) is 26.0 Å². The third-order valence-corrected chi connectivity index (χ3v) is 5.68. The maximum absolute atomic E-state index is 15.2. The van der Waals surface area contributed by atoms with Crippen LogP contribution in [0.25, 0.3) is 22.9 Å². The summed E-state index contributed by atoms with van der Waals surface area (Å²) in [6.45, 7) is 4.00. The van der Waals surface area contributed by atoms with E-state index in [0.29, 0.717) is 12.1 Å². The number of halogens is 4. The van der Waals surface area contributed by atoms with Crippen LogP contribution in [0.15, 0.2) is 65.1 Å². The van der Waals surface area contributed by atoms with Gasteiger partial charge in [0.05, 0.1) is 22.7 Å². The van der Waals surface area contributed by atoms with Crippen LogP contribution in [-0.2, 0) is 4.74 Å². The summed E-state index contributed by atoms with van der Waals surface area (Å²) < 4.78 is 65.0. The van der Waals surface area contributed by atoms with Crippen LogP contribution in [-0.4, -0.2) is 16.5 Å². The van der Waals surface area contributed by atoms with E-state index in [1.165, 1.54) is 22.9 Å². The number of fused-ring (bicyclic) bond motifs is 1. The molecular weight excluding hydrogens is 488 g/mol. The van der Waals surface area contributed by atoms with Crippen LogP contribution >= 0.6 is 0 Å². The molecule has 37 heavy (non-hydrogen) atoms. The molecule has 4 N–H and O–H groups in total. The molecule has 0 saturated heterocycles. The van der Waals surface area contributed by atoms with Crippen molar-refractivity contribution in [3.05, 3.63) is 93.5 Å². The van der Waals surface area contributed by atoms with Crippen molar-refractivity contribution < 1.29 is 22.3 Å². The highest BCUT2D eigenvalue weighted by Gasteiger charge is 2.27. The summed E-state index contributed by atoms with van der Waals surface area (Å²) in [6.07, 6.45) is 9.30. The second-order valence-electron chi connectivity index (χ2n) is 7.94. The molecule has 2 aliphatic rings. The predicted molar refractivity (Wildman–Crippen MR) is 136 cm³/mol. The zero-order chi connectivity index (χ0) is 27.3. The predicted octanol–water partition coefficient (Wildman–Crippen LogP) is 6.43. The van der Waals surface area contributed by atoms with E-state index in [1.807, 2.05) is 13.8 Å². The van der Waals surface area contributed by atoms with E-state index in [2.05, 4.69) is 4.74 Å². The van der Waals surface area contributed by atoms with Crippen molar-refractivity contribution in [2.75, 3.05) is 0 Å². The minimum absolute atomic E-state index is 0.132. The van der Waals surface area contributed by atoms with Crippen LogP contribution in [0.5, 0.6) is 0 Å². The van der Waals surface area contributed by atoms with E-state index < -0.39 is 52.1 Å². The van der Waals surface area contributed by atoms with Gasteiger partial charge in [-0.2, -0.15) is 0 Å². The third-order valence-electron chi connectivity index (χ3n) is 5.68. The molecule has 1 unspecified atom stereocenters. The van der Waals surface area contributed by atoms with Crippen molar-refractivity contribution in [3.63, 3.8) is 0 Å². The maximum Gasteiger partial charge on any atom is 0.285 e. The average molecular weight is 515 g/mol. The van der Waals surface area contributed by atoms with Crippen LogP contribution in [0.4, 0.5) is 17.6 Å². The van der Waals surface area contributed by atoms with Gasteiger partial charge in [0.2, 0.25) is 5.90 Å². The van der Waals surface area contributed by atoms with Crippen LogP contribution in [0.1, 0.15) is 44.4 Å². The van der Waals surface area contributed by atoms with Crippen LogP contribution in [0.2, 0.25) is 0 Å². The first-order valence-corrected chi connectivity index (χ1v) is 11.6. The SMILES string of the molecule is CC.N=C(N)OC(=N)c1cc(F)c(-c2c3n(ccc2=O)C(C2CCC=C(F)C=C2F)=CCC=C3)c(F)c1. The van der Waals surface area contributed by atoms with Crippen molar-refractivity contribution in [1.82, 2.24) is 4.57 Å². The average Bonchev–Trinajstić information content (AvgIpc) is 3.15. The number of nitrogens with two attached hydrogens (primary N) is 1. The Morgan fingerprint density at radius 1 is 1.08 bits per heavy atom. The van der Waals surface area contributed by atoms with Gasteiger partial charge in [0.15, 0.2) is 5.43 Å². The van der Waals surface area contributed by atoms with E-state index in [-0.39, 0.29) is 29.7 Å². The maximum atomic E-state index is 15.2. The second kappa shape index (κ2) is 11.7. The van der Waals surface area contributed by atoms with Crippen LogP contribution < -0.4 is 11.2 Å².